The molecule has 1 amide bonds. The van der Waals surface area contributed by atoms with Crippen molar-refractivity contribution in [2.45, 2.75) is 42.0 Å². The summed E-state index contributed by atoms with van der Waals surface area (Å²) < 4.78 is 40.0. The van der Waals surface area contributed by atoms with Crippen LogP contribution in [0.2, 0.25) is 0 Å². The van der Waals surface area contributed by atoms with E-state index in [0.717, 1.165) is 22.3 Å². The van der Waals surface area contributed by atoms with Crippen LogP contribution in [0.15, 0.2) is 142 Å². The number of nitrogens with zero attached hydrogens (tertiary/aromatic N) is 4. The van der Waals surface area contributed by atoms with Crippen molar-refractivity contribution in [1.82, 2.24) is 10.9 Å². The SMILES string of the molecule is [N-]=[N+]=NCc1ccccc1[C@@H]1OC(c2ccc(OCCCO)cc2)=N[C@]1(CCS(=O)(=O)c1ccccc1)C(=O)NNC1c2ccccc2-c2ccccc21. The Labute approximate surface area is 313 Å². The molecular formula is C41H38N6O6S. The molecule has 0 unspecified atom stereocenters. The summed E-state index contributed by atoms with van der Waals surface area (Å²) in [5.41, 5.74) is 19.3. The van der Waals surface area contributed by atoms with E-state index in [4.69, 9.17) is 19.6 Å². The molecule has 1 aliphatic carbocycles. The van der Waals surface area contributed by atoms with Gasteiger partial charge in [0.05, 0.1) is 29.8 Å². The second kappa shape index (κ2) is 15.9. The third kappa shape index (κ3) is 7.30. The second-order valence-electron chi connectivity index (χ2n) is 13.0. The van der Waals surface area contributed by atoms with Crippen LogP contribution in [0.1, 0.15) is 52.8 Å². The molecule has 1 aliphatic heterocycles. The van der Waals surface area contributed by atoms with Crippen molar-refractivity contribution in [1.29, 1.82) is 0 Å². The molecule has 0 bridgehead atoms. The van der Waals surface area contributed by atoms with E-state index in [9.17, 15) is 13.9 Å². The van der Waals surface area contributed by atoms with Crippen LogP contribution < -0.4 is 15.6 Å². The van der Waals surface area contributed by atoms with Crippen LogP contribution in [0.25, 0.3) is 21.6 Å². The van der Waals surface area contributed by atoms with E-state index in [1.165, 1.54) is 12.1 Å². The number of amides is 1. The van der Waals surface area contributed by atoms with Crippen molar-refractivity contribution in [3.05, 3.63) is 166 Å². The molecule has 0 radical (unpaired) electrons. The minimum Gasteiger partial charge on any atom is -0.494 e. The van der Waals surface area contributed by atoms with Gasteiger partial charge >= 0.3 is 0 Å². The molecule has 0 aromatic heterocycles. The topological polar surface area (TPSA) is 175 Å². The molecule has 5 aromatic rings. The number of hydrogen-bond acceptors (Lipinski definition) is 9. The van der Waals surface area contributed by atoms with Gasteiger partial charge in [-0.3, -0.25) is 10.2 Å². The predicted molar refractivity (Wildman–Crippen MR) is 204 cm³/mol. The van der Waals surface area contributed by atoms with Crippen LogP contribution in [0.3, 0.4) is 0 Å². The Morgan fingerprint density at radius 1 is 0.870 bits per heavy atom. The van der Waals surface area contributed by atoms with E-state index in [0.29, 0.717) is 35.5 Å². The second-order valence-corrected chi connectivity index (χ2v) is 15.1. The first-order valence-electron chi connectivity index (χ1n) is 17.6. The Kier molecular flexibility index (Phi) is 10.7. The molecule has 5 aromatic carbocycles. The van der Waals surface area contributed by atoms with Crippen molar-refractivity contribution >= 4 is 21.6 Å². The molecular weight excluding hydrogens is 705 g/mol. The van der Waals surface area contributed by atoms with Gasteiger partial charge in [0.1, 0.15) is 5.75 Å². The Hall–Kier alpha value is -5.98. The first-order chi connectivity index (χ1) is 26.3. The summed E-state index contributed by atoms with van der Waals surface area (Å²) in [7, 11) is -3.88. The van der Waals surface area contributed by atoms with Gasteiger partial charge in [0.2, 0.25) is 5.90 Å². The molecule has 0 saturated heterocycles. The fourth-order valence-corrected chi connectivity index (χ4v) is 8.37. The molecule has 1 heterocycles. The summed E-state index contributed by atoms with van der Waals surface area (Å²) in [6, 6.07) is 37.7. The average molecular weight is 743 g/mol. The maximum absolute atomic E-state index is 15.0. The Bertz CT molecular complexity index is 2280. The highest BCUT2D eigenvalue weighted by molar-refractivity contribution is 7.91. The lowest BCUT2D eigenvalue weighted by atomic mass is 9.83. The van der Waals surface area contributed by atoms with Crippen LogP contribution in [-0.2, 0) is 25.9 Å². The van der Waals surface area contributed by atoms with Gasteiger partial charge in [-0.1, -0.05) is 96.1 Å². The summed E-state index contributed by atoms with van der Waals surface area (Å²) in [6.45, 7) is 0.305. The standard InChI is InChI=1S/C41H38N6O6S/c42-47-43-27-29-11-4-5-14-32(29)38-41(23-26-54(50,51)31-12-2-1-3-13-31,44-39(53-38)28-19-21-30(22-20-28)52-25-10-24-48)40(49)46-45-37-35-17-8-6-15-33(35)34-16-7-9-18-36(34)37/h1-9,11-22,37-38,45,48H,10,23-27H2,(H,46,49)/t38-,41-/m0/s1. The van der Waals surface area contributed by atoms with Crippen LogP contribution in [-0.4, -0.2) is 49.8 Å². The lowest BCUT2D eigenvalue weighted by Gasteiger charge is -2.32. The molecule has 54 heavy (non-hydrogen) atoms. The summed E-state index contributed by atoms with van der Waals surface area (Å²) >= 11 is 0. The van der Waals surface area contributed by atoms with Gasteiger partial charge in [0.15, 0.2) is 21.5 Å². The summed E-state index contributed by atoms with van der Waals surface area (Å²) in [4.78, 5) is 23.1. The summed E-state index contributed by atoms with van der Waals surface area (Å²) in [5, 5.41) is 12.9. The van der Waals surface area contributed by atoms with Crippen LogP contribution >= 0.6 is 0 Å². The number of fused-ring (bicyclic) bond motifs is 3. The number of aliphatic imine (C=N–C) groups is 1. The van der Waals surface area contributed by atoms with Gasteiger partial charge < -0.3 is 14.6 Å². The van der Waals surface area contributed by atoms with Gasteiger partial charge in [-0.05, 0) is 75.3 Å². The number of aliphatic hydroxyl groups excluding tert-OH is 1. The van der Waals surface area contributed by atoms with Crippen LogP contribution in [0, 0.1) is 0 Å². The fraction of sp³-hybridized carbons (Fsp3) is 0.220. The first kappa shape index (κ1) is 36.4. The minimum atomic E-state index is -3.88. The number of benzene rings is 5. The molecule has 2 atom stereocenters. The van der Waals surface area contributed by atoms with E-state index < -0.39 is 39.2 Å². The third-order valence-corrected chi connectivity index (χ3v) is 11.4. The first-order valence-corrected chi connectivity index (χ1v) is 19.2. The Morgan fingerprint density at radius 2 is 1.50 bits per heavy atom. The van der Waals surface area contributed by atoms with Crippen molar-refractivity contribution in [3.63, 3.8) is 0 Å². The maximum Gasteiger partial charge on any atom is 0.266 e. The summed E-state index contributed by atoms with van der Waals surface area (Å²) in [6.07, 6.45) is -0.888. The smallest absolute Gasteiger partial charge is 0.266 e. The van der Waals surface area contributed by atoms with Gasteiger partial charge in [-0.15, -0.1) is 0 Å². The molecule has 0 saturated carbocycles. The largest absolute Gasteiger partial charge is 0.494 e. The fourth-order valence-electron chi connectivity index (χ4n) is 6.98. The molecule has 13 heteroatoms. The number of ether oxygens (including phenoxy) is 2. The highest BCUT2D eigenvalue weighted by Gasteiger charge is 2.54. The molecule has 7 rings (SSSR count). The molecule has 0 spiro atoms. The van der Waals surface area contributed by atoms with Gasteiger partial charge in [0.25, 0.3) is 5.91 Å². The minimum absolute atomic E-state index is 0.00400. The number of rotatable bonds is 15. The molecule has 274 valence electrons. The number of hydrazine groups is 1. The highest BCUT2D eigenvalue weighted by Crippen LogP contribution is 2.46. The number of azide groups is 1. The number of aliphatic hydroxyl groups is 1. The molecule has 3 N–H and O–H groups in total. The van der Waals surface area contributed by atoms with Crippen molar-refractivity contribution in [3.8, 4) is 16.9 Å². The van der Waals surface area contributed by atoms with Gasteiger partial charge in [0, 0.05) is 29.9 Å². The number of sulfone groups is 1. The number of hydrogen-bond donors (Lipinski definition) is 3. The molecule has 2 aliphatic rings. The average Bonchev–Trinajstić information content (AvgIpc) is 3.76. The Morgan fingerprint density at radius 3 is 2.17 bits per heavy atom. The molecule has 0 fully saturated rings. The van der Waals surface area contributed by atoms with E-state index in [1.807, 2.05) is 48.5 Å². The van der Waals surface area contributed by atoms with Crippen LogP contribution in [0.5, 0.6) is 5.75 Å². The third-order valence-electron chi connectivity index (χ3n) is 9.69. The van der Waals surface area contributed by atoms with E-state index >= 15 is 4.79 Å². The lowest BCUT2D eigenvalue weighted by molar-refractivity contribution is -0.130. The quantitative estimate of drug-likeness (QED) is 0.0349. The normalized spacial score (nSPS) is 17.4. The number of carbonyl (C=O) groups excluding carboxylic acids is 1. The van der Waals surface area contributed by atoms with Gasteiger partial charge in [-0.25, -0.2) is 18.8 Å². The lowest BCUT2D eigenvalue weighted by Crippen LogP contribution is -2.54. The monoisotopic (exact) mass is 742 g/mol. The van der Waals surface area contributed by atoms with E-state index in [2.05, 4.69) is 20.9 Å². The zero-order chi connectivity index (χ0) is 37.5. The summed E-state index contributed by atoms with van der Waals surface area (Å²) in [5.74, 6) is -0.326. The zero-order valence-corrected chi connectivity index (χ0v) is 30.0. The number of nitrogens with one attached hydrogen (secondary N) is 2. The number of carbonyl (C=O) groups is 1. The van der Waals surface area contributed by atoms with E-state index in [1.54, 1.807) is 66.7 Å². The van der Waals surface area contributed by atoms with Crippen molar-refractivity contribution in [2.75, 3.05) is 19.0 Å². The van der Waals surface area contributed by atoms with E-state index in [-0.39, 0.29) is 30.4 Å². The predicted octanol–water partition coefficient (Wildman–Crippen LogP) is 6.77. The maximum atomic E-state index is 15.0. The van der Waals surface area contributed by atoms with Crippen LogP contribution in [0.4, 0.5) is 0 Å². The zero-order valence-electron chi connectivity index (χ0n) is 29.2. The molecule has 12 nitrogen and oxygen atoms in total. The van der Waals surface area contributed by atoms with Crippen molar-refractivity contribution in [2.24, 2.45) is 10.1 Å². The van der Waals surface area contributed by atoms with Gasteiger partial charge in [-0.2, -0.15) is 0 Å². The Balaban J connectivity index is 1.31. The highest BCUT2D eigenvalue weighted by atomic mass is 32.2. The van der Waals surface area contributed by atoms with Crippen molar-refractivity contribution < 1.29 is 27.8 Å².